The Bertz CT molecular complexity index is 1080. The molecule has 2 aliphatic rings. The number of nitrogens with one attached hydrogen (secondary N) is 1. The molecule has 9 heteroatoms. The first-order valence-corrected chi connectivity index (χ1v) is 12.9. The topological polar surface area (TPSA) is 64.6 Å². The number of benzene rings is 1. The highest BCUT2D eigenvalue weighted by atomic mass is 32.1. The van der Waals surface area contributed by atoms with Gasteiger partial charge in [0.2, 0.25) is 5.91 Å². The number of anilines is 2. The van der Waals surface area contributed by atoms with Gasteiger partial charge >= 0.3 is 0 Å². The molecule has 0 radical (unpaired) electrons. The van der Waals surface area contributed by atoms with Crippen LogP contribution in [-0.2, 0) is 4.79 Å². The first-order valence-electron chi connectivity index (χ1n) is 12.1. The van der Waals surface area contributed by atoms with Gasteiger partial charge < -0.3 is 15.1 Å². The molecule has 1 aromatic carbocycles. The Morgan fingerprint density at radius 1 is 1.09 bits per heavy atom. The van der Waals surface area contributed by atoms with Crippen molar-refractivity contribution in [3.05, 3.63) is 48.4 Å². The molecule has 2 aromatic heterocycles. The Kier molecular flexibility index (Phi) is 7.20. The van der Waals surface area contributed by atoms with Crippen LogP contribution in [0.15, 0.2) is 42.6 Å². The lowest BCUT2D eigenvalue weighted by molar-refractivity contribution is -0.125. The number of carbonyl (C=O) groups excluding carboxylic acids is 1. The van der Waals surface area contributed by atoms with Crippen molar-refractivity contribution < 1.29 is 9.18 Å². The summed E-state index contributed by atoms with van der Waals surface area (Å²) in [5, 5.41) is 4.11. The largest absolute Gasteiger partial charge is 0.367 e. The fraction of sp³-hybridized carbons (Fsp3) is 0.480. The molecular weight excluding hydrogens is 451 g/mol. The molecule has 0 bridgehead atoms. The number of piperazine rings is 1. The van der Waals surface area contributed by atoms with Gasteiger partial charge in [0.15, 0.2) is 5.13 Å². The highest BCUT2D eigenvalue weighted by molar-refractivity contribution is 7.21. The molecule has 1 unspecified atom stereocenters. The molecule has 1 atom stereocenters. The second-order valence-corrected chi connectivity index (χ2v) is 9.99. The van der Waals surface area contributed by atoms with Crippen LogP contribution in [0.4, 0.5) is 15.2 Å². The summed E-state index contributed by atoms with van der Waals surface area (Å²) in [6.45, 7) is 6.76. The Morgan fingerprint density at radius 2 is 1.94 bits per heavy atom. The molecule has 2 saturated heterocycles. The first-order chi connectivity index (χ1) is 16.7. The minimum atomic E-state index is -0.153. The molecule has 5 rings (SSSR count). The van der Waals surface area contributed by atoms with Crippen molar-refractivity contribution in [1.29, 1.82) is 0 Å². The van der Waals surface area contributed by atoms with Crippen LogP contribution in [-0.4, -0.2) is 73.1 Å². The number of amides is 1. The summed E-state index contributed by atoms with van der Waals surface area (Å²) in [6.07, 6.45) is 4.63. The SMILES string of the molecule is O=C(NCCCN1CCN(c2ccccc2F)CC1)C1CCCN(c2nc3cccnc3s2)C1. The number of halogens is 1. The molecule has 180 valence electrons. The van der Waals surface area contributed by atoms with E-state index in [2.05, 4.69) is 25.0 Å². The van der Waals surface area contributed by atoms with E-state index < -0.39 is 0 Å². The summed E-state index contributed by atoms with van der Waals surface area (Å²) >= 11 is 1.60. The molecule has 1 N–H and O–H groups in total. The number of thiazole rings is 1. The van der Waals surface area contributed by atoms with Crippen molar-refractivity contribution in [1.82, 2.24) is 20.2 Å². The third-order valence-corrected chi connectivity index (χ3v) is 7.77. The van der Waals surface area contributed by atoms with Gasteiger partial charge in [0.1, 0.15) is 16.2 Å². The van der Waals surface area contributed by atoms with E-state index in [-0.39, 0.29) is 17.6 Å². The molecule has 0 aliphatic carbocycles. The summed E-state index contributed by atoms with van der Waals surface area (Å²) in [5.41, 5.74) is 1.61. The molecule has 0 spiro atoms. The molecule has 4 heterocycles. The highest BCUT2D eigenvalue weighted by Gasteiger charge is 2.27. The molecule has 3 aromatic rings. The number of piperidine rings is 1. The summed E-state index contributed by atoms with van der Waals surface area (Å²) in [7, 11) is 0. The Morgan fingerprint density at radius 3 is 2.76 bits per heavy atom. The average Bonchev–Trinajstić information content (AvgIpc) is 3.32. The van der Waals surface area contributed by atoms with E-state index in [4.69, 9.17) is 4.98 Å². The van der Waals surface area contributed by atoms with E-state index in [0.29, 0.717) is 18.8 Å². The van der Waals surface area contributed by atoms with Crippen molar-refractivity contribution in [3.8, 4) is 0 Å². The molecule has 1 amide bonds. The summed E-state index contributed by atoms with van der Waals surface area (Å²) in [4.78, 5) is 29.6. The lowest BCUT2D eigenvalue weighted by Crippen LogP contribution is -2.47. The Balaban J connectivity index is 1.03. The number of aromatic nitrogens is 2. The number of para-hydroxylation sites is 1. The zero-order valence-corrected chi connectivity index (χ0v) is 20.1. The van der Waals surface area contributed by atoms with E-state index >= 15 is 0 Å². The average molecular weight is 483 g/mol. The van der Waals surface area contributed by atoms with E-state index in [9.17, 15) is 9.18 Å². The monoisotopic (exact) mass is 482 g/mol. The van der Waals surface area contributed by atoms with Crippen LogP contribution in [0.1, 0.15) is 19.3 Å². The van der Waals surface area contributed by atoms with Crippen molar-refractivity contribution in [2.75, 3.05) is 62.2 Å². The summed E-state index contributed by atoms with van der Waals surface area (Å²) in [6, 6.07) is 10.9. The molecule has 7 nitrogen and oxygen atoms in total. The lowest BCUT2D eigenvalue weighted by atomic mass is 9.97. The van der Waals surface area contributed by atoms with Crippen molar-refractivity contribution in [2.24, 2.45) is 5.92 Å². The fourth-order valence-corrected chi connectivity index (χ4v) is 5.78. The summed E-state index contributed by atoms with van der Waals surface area (Å²) in [5.74, 6) is -0.00825. The van der Waals surface area contributed by atoms with E-state index in [1.807, 2.05) is 24.3 Å². The van der Waals surface area contributed by atoms with Crippen LogP contribution in [0.2, 0.25) is 0 Å². The number of fused-ring (bicyclic) bond motifs is 1. The smallest absolute Gasteiger partial charge is 0.224 e. The predicted molar refractivity (Wildman–Crippen MR) is 135 cm³/mol. The molecule has 2 fully saturated rings. The predicted octanol–water partition coefficient (Wildman–Crippen LogP) is 3.38. The van der Waals surface area contributed by atoms with Crippen LogP contribution < -0.4 is 15.1 Å². The maximum absolute atomic E-state index is 14.0. The van der Waals surface area contributed by atoms with Crippen LogP contribution in [0, 0.1) is 11.7 Å². The van der Waals surface area contributed by atoms with Crippen molar-refractivity contribution in [3.63, 3.8) is 0 Å². The number of nitrogens with zero attached hydrogens (tertiary/aromatic N) is 5. The van der Waals surface area contributed by atoms with Crippen LogP contribution >= 0.6 is 11.3 Å². The Hall–Kier alpha value is -2.78. The van der Waals surface area contributed by atoms with E-state index in [1.54, 1.807) is 23.6 Å². The van der Waals surface area contributed by atoms with Gasteiger partial charge in [0.05, 0.1) is 11.6 Å². The van der Waals surface area contributed by atoms with Gasteiger partial charge in [0, 0.05) is 52.0 Å². The third kappa shape index (κ3) is 5.31. The standard InChI is InChI=1S/C25H31FN6OS/c26-20-7-1-2-9-22(20)31-16-14-30(15-17-31)12-5-11-27-23(33)19-6-4-13-32(18-19)25-29-21-8-3-10-28-24(21)34-25/h1-3,7-10,19H,4-6,11-18H2,(H,27,33). The second-order valence-electron chi connectivity index (χ2n) is 9.03. The zero-order chi connectivity index (χ0) is 23.3. The van der Waals surface area contributed by atoms with Gasteiger partial charge in [-0.3, -0.25) is 9.69 Å². The van der Waals surface area contributed by atoms with Gasteiger partial charge in [-0.1, -0.05) is 23.5 Å². The number of pyridine rings is 1. The van der Waals surface area contributed by atoms with E-state index in [0.717, 1.165) is 74.0 Å². The normalized spacial score (nSPS) is 19.5. The van der Waals surface area contributed by atoms with Gasteiger partial charge in [-0.25, -0.2) is 14.4 Å². The van der Waals surface area contributed by atoms with Gasteiger partial charge in [-0.05, 0) is 50.1 Å². The molecule has 0 saturated carbocycles. The fourth-order valence-electron chi connectivity index (χ4n) is 4.84. The minimum Gasteiger partial charge on any atom is -0.367 e. The number of hydrogen-bond acceptors (Lipinski definition) is 7. The van der Waals surface area contributed by atoms with Gasteiger partial charge in [-0.2, -0.15) is 0 Å². The highest BCUT2D eigenvalue weighted by Crippen LogP contribution is 2.30. The molecule has 2 aliphatic heterocycles. The number of hydrogen-bond donors (Lipinski definition) is 1. The van der Waals surface area contributed by atoms with Crippen LogP contribution in [0.3, 0.4) is 0 Å². The Labute approximate surface area is 203 Å². The van der Waals surface area contributed by atoms with Crippen molar-refractivity contribution >= 4 is 38.4 Å². The third-order valence-electron chi connectivity index (χ3n) is 6.73. The second kappa shape index (κ2) is 10.7. The molecule has 34 heavy (non-hydrogen) atoms. The number of carbonyl (C=O) groups is 1. The lowest BCUT2D eigenvalue weighted by Gasteiger charge is -2.36. The number of rotatable bonds is 7. The first kappa shape index (κ1) is 23.0. The van der Waals surface area contributed by atoms with Crippen LogP contribution in [0.25, 0.3) is 10.3 Å². The van der Waals surface area contributed by atoms with Crippen molar-refractivity contribution in [2.45, 2.75) is 19.3 Å². The van der Waals surface area contributed by atoms with Gasteiger partial charge in [-0.15, -0.1) is 0 Å². The maximum Gasteiger partial charge on any atom is 0.224 e. The van der Waals surface area contributed by atoms with Crippen LogP contribution in [0.5, 0.6) is 0 Å². The van der Waals surface area contributed by atoms with Gasteiger partial charge in [0.25, 0.3) is 0 Å². The quantitative estimate of drug-likeness (QED) is 0.521. The minimum absolute atomic E-state index is 0.00182. The molecular formula is C25H31FN6OS. The zero-order valence-electron chi connectivity index (χ0n) is 19.3. The van der Waals surface area contributed by atoms with E-state index in [1.165, 1.54) is 6.07 Å². The maximum atomic E-state index is 14.0. The summed E-state index contributed by atoms with van der Waals surface area (Å²) < 4.78 is 14.0.